The zero-order chi connectivity index (χ0) is 32.2. The number of nitrogens with zero attached hydrogens (tertiary/aromatic N) is 2. The van der Waals surface area contributed by atoms with Crippen LogP contribution in [0.1, 0.15) is 67.0 Å². The standard InChI is InChI=1S/C35H45N7O3/c1-24(2)22-42(23-32(36)43)19-7-12-31(35(45)40-25(3)29-11-6-9-27-8-4-5-10-30(27)29)41-34(44)28-15-13-26(14-16-28)20-37-21-33-38-17-18-39-33/h4-6,8-11,13-18,24-25,31,37H,7,12,19-23H2,1-3H3,(H2,36,43)(H,38,39)(H,40,45)(H,41,44)/t25?,31-/m0/s1. The highest BCUT2D eigenvalue weighted by molar-refractivity contribution is 5.97. The smallest absolute Gasteiger partial charge is 0.251 e. The van der Waals surface area contributed by atoms with Crippen LogP contribution in [-0.2, 0) is 22.7 Å². The third-order valence-corrected chi connectivity index (χ3v) is 7.63. The average molecular weight is 612 g/mol. The third kappa shape index (κ3) is 10.3. The number of fused-ring (bicyclic) bond motifs is 1. The monoisotopic (exact) mass is 611 g/mol. The van der Waals surface area contributed by atoms with Gasteiger partial charge in [0.25, 0.3) is 5.91 Å². The summed E-state index contributed by atoms with van der Waals surface area (Å²) in [6, 6.07) is 20.4. The maximum absolute atomic E-state index is 13.7. The SMILES string of the molecule is CC(C)CN(CCC[C@H](NC(=O)c1ccc(CNCc2ncc[nH]2)cc1)C(=O)NC(C)c1cccc2ccccc12)CC(N)=O. The molecule has 45 heavy (non-hydrogen) atoms. The summed E-state index contributed by atoms with van der Waals surface area (Å²) in [5, 5.41) is 11.6. The first-order valence-corrected chi connectivity index (χ1v) is 15.6. The topological polar surface area (TPSA) is 145 Å². The highest BCUT2D eigenvalue weighted by atomic mass is 16.2. The molecule has 0 radical (unpaired) electrons. The quantitative estimate of drug-likeness (QED) is 0.122. The van der Waals surface area contributed by atoms with E-state index in [0.29, 0.717) is 50.5 Å². The van der Waals surface area contributed by atoms with E-state index in [1.54, 1.807) is 24.5 Å². The fourth-order valence-corrected chi connectivity index (χ4v) is 5.51. The van der Waals surface area contributed by atoms with Gasteiger partial charge in [0.05, 0.1) is 19.1 Å². The number of hydrogen-bond donors (Lipinski definition) is 5. The van der Waals surface area contributed by atoms with Crippen molar-refractivity contribution in [2.45, 2.75) is 58.8 Å². The third-order valence-electron chi connectivity index (χ3n) is 7.63. The first-order chi connectivity index (χ1) is 21.7. The summed E-state index contributed by atoms with van der Waals surface area (Å²) >= 11 is 0. The van der Waals surface area contributed by atoms with E-state index in [1.165, 1.54) is 0 Å². The van der Waals surface area contributed by atoms with E-state index < -0.39 is 6.04 Å². The number of aromatic nitrogens is 2. The van der Waals surface area contributed by atoms with Gasteiger partial charge in [0.2, 0.25) is 11.8 Å². The minimum Gasteiger partial charge on any atom is -0.369 e. The minimum absolute atomic E-state index is 0.155. The normalized spacial score (nSPS) is 12.7. The van der Waals surface area contributed by atoms with E-state index in [1.807, 2.05) is 66.4 Å². The number of hydrogen-bond acceptors (Lipinski definition) is 6. The number of carbonyl (C=O) groups is 3. The Hall–Kier alpha value is -4.54. The molecule has 10 heteroatoms. The van der Waals surface area contributed by atoms with Crippen molar-refractivity contribution < 1.29 is 14.4 Å². The molecular formula is C35H45N7O3. The van der Waals surface area contributed by atoms with Crippen molar-refractivity contribution in [1.29, 1.82) is 0 Å². The van der Waals surface area contributed by atoms with Gasteiger partial charge in [0.1, 0.15) is 11.9 Å². The van der Waals surface area contributed by atoms with Crippen LogP contribution in [0, 0.1) is 5.92 Å². The van der Waals surface area contributed by atoms with E-state index in [-0.39, 0.29) is 30.3 Å². The maximum Gasteiger partial charge on any atom is 0.251 e. The van der Waals surface area contributed by atoms with Gasteiger partial charge in [0, 0.05) is 31.0 Å². The molecule has 6 N–H and O–H groups in total. The lowest BCUT2D eigenvalue weighted by Crippen LogP contribution is -2.47. The lowest BCUT2D eigenvalue weighted by Gasteiger charge is -2.25. The molecule has 0 aliphatic rings. The second kappa shape index (κ2) is 16.5. The molecule has 2 atom stereocenters. The molecule has 1 aromatic heterocycles. The molecule has 0 spiro atoms. The highest BCUT2D eigenvalue weighted by Gasteiger charge is 2.24. The molecule has 0 aliphatic carbocycles. The van der Waals surface area contributed by atoms with Crippen molar-refractivity contribution in [1.82, 2.24) is 30.8 Å². The summed E-state index contributed by atoms with van der Waals surface area (Å²) in [7, 11) is 0. The van der Waals surface area contributed by atoms with Gasteiger partial charge in [-0.1, -0.05) is 68.4 Å². The number of rotatable bonds is 17. The van der Waals surface area contributed by atoms with Crippen LogP contribution in [0.15, 0.2) is 79.1 Å². The molecule has 0 aliphatic heterocycles. The lowest BCUT2D eigenvalue weighted by molar-refractivity contribution is -0.124. The van der Waals surface area contributed by atoms with Crippen molar-refractivity contribution in [3.63, 3.8) is 0 Å². The van der Waals surface area contributed by atoms with Crippen molar-refractivity contribution in [3.05, 3.63) is 102 Å². The molecule has 1 unspecified atom stereocenters. The zero-order valence-corrected chi connectivity index (χ0v) is 26.4. The van der Waals surface area contributed by atoms with Crippen LogP contribution in [0.2, 0.25) is 0 Å². The van der Waals surface area contributed by atoms with Crippen molar-refractivity contribution in [2.24, 2.45) is 11.7 Å². The van der Waals surface area contributed by atoms with E-state index in [0.717, 1.165) is 27.7 Å². The van der Waals surface area contributed by atoms with Gasteiger partial charge < -0.3 is 26.7 Å². The molecule has 0 saturated heterocycles. The van der Waals surface area contributed by atoms with Crippen LogP contribution in [-0.4, -0.2) is 58.3 Å². The Balaban J connectivity index is 1.43. The van der Waals surface area contributed by atoms with Crippen LogP contribution < -0.4 is 21.7 Å². The number of nitrogens with one attached hydrogen (secondary N) is 4. The van der Waals surface area contributed by atoms with Crippen LogP contribution in [0.4, 0.5) is 0 Å². The second-order valence-electron chi connectivity index (χ2n) is 11.9. The molecule has 0 saturated carbocycles. The van der Waals surface area contributed by atoms with E-state index in [9.17, 15) is 14.4 Å². The summed E-state index contributed by atoms with van der Waals surface area (Å²) in [6.07, 6.45) is 4.50. The van der Waals surface area contributed by atoms with Crippen molar-refractivity contribution in [3.8, 4) is 0 Å². The Morgan fingerprint density at radius 3 is 2.40 bits per heavy atom. The molecule has 0 fully saturated rings. The average Bonchev–Trinajstić information content (AvgIpc) is 3.53. The predicted octanol–water partition coefficient (Wildman–Crippen LogP) is 4.05. The van der Waals surface area contributed by atoms with Crippen LogP contribution in [0.5, 0.6) is 0 Å². The van der Waals surface area contributed by atoms with Crippen LogP contribution >= 0.6 is 0 Å². The largest absolute Gasteiger partial charge is 0.369 e. The summed E-state index contributed by atoms with van der Waals surface area (Å²) in [5.74, 6) is 0.244. The molecule has 0 bridgehead atoms. The first kappa shape index (κ1) is 33.4. The number of H-pyrrole nitrogens is 1. The molecule has 4 rings (SSSR count). The van der Waals surface area contributed by atoms with Gasteiger partial charge in [-0.2, -0.15) is 0 Å². The summed E-state index contributed by atoms with van der Waals surface area (Å²) in [4.78, 5) is 48.0. The van der Waals surface area contributed by atoms with E-state index in [4.69, 9.17) is 5.73 Å². The first-order valence-electron chi connectivity index (χ1n) is 15.6. The van der Waals surface area contributed by atoms with Gasteiger partial charge >= 0.3 is 0 Å². The molecule has 3 amide bonds. The number of imidazole rings is 1. The van der Waals surface area contributed by atoms with Crippen molar-refractivity contribution >= 4 is 28.5 Å². The van der Waals surface area contributed by atoms with Gasteiger partial charge in [0.15, 0.2) is 0 Å². The molecule has 10 nitrogen and oxygen atoms in total. The minimum atomic E-state index is -0.765. The molecule has 4 aromatic rings. The number of aromatic amines is 1. The van der Waals surface area contributed by atoms with E-state index in [2.05, 4.69) is 39.8 Å². The Kier molecular flexibility index (Phi) is 12.2. The van der Waals surface area contributed by atoms with Gasteiger partial charge in [-0.05, 0) is 66.3 Å². The van der Waals surface area contributed by atoms with Gasteiger partial charge in [-0.25, -0.2) is 4.98 Å². The fraction of sp³-hybridized carbons (Fsp3) is 0.371. The zero-order valence-electron chi connectivity index (χ0n) is 26.4. The van der Waals surface area contributed by atoms with Crippen molar-refractivity contribution in [2.75, 3.05) is 19.6 Å². The van der Waals surface area contributed by atoms with Crippen LogP contribution in [0.25, 0.3) is 10.8 Å². The van der Waals surface area contributed by atoms with Crippen LogP contribution in [0.3, 0.4) is 0 Å². The Morgan fingerprint density at radius 2 is 1.69 bits per heavy atom. The van der Waals surface area contributed by atoms with E-state index >= 15 is 0 Å². The summed E-state index contributed by atoms with van der Waals surface area (Å²) in [5.41, 5.74) is 7.98. The Morgan fingerprint density at radius 1 is 0.933 bits per heavy atom. The molecule has 1 heterocycles. The number of carbonyl (C=O) groups excluding carboxylic acids is 3. The number of amides is 3. The summed E-state index contributed by atoms with van der Waals surface area (Å²) in [6.45, 7) is 8.80. The molecule has 3 aromatic carbocycles. The number of benzene rings is 3. The Bertz CT molecular complexity index is 1530. The summed E-state index contributed by atoms with van der Waals surface area (Å²) < 4.78 is 0. The number of primary amides is 1. The Labute approximate surface area is 265 Å². The van der Waals surface area contributed by atoms with Gasteiger partial charge in [-0.15, -0.1) is 0 Å². The molecule has 238 valence electrons. The second-order valence-corrected chi connectivity index (χ2v) is 11.9. The number of nitrogens with two attached hydrogens (primary N) is 1. The fourth-order valence-electron chi connectivity index (χ4n) is 5.51. The maximum atomic E-state index is 13.7. The predicted molar refractivity (Wildman–Crippen MR) is 177 cm³/mol. The lowest BCUT2D eigenvalue weighted by atomic mass is 9.99. The molecular weight excluding hydrogens is 566 g/mol. The van der Waals surface area contributed by atoms with Gasteiger partial charge in [-0.3, -0.25) is 19.3 Å². The highest BCUT2D eigenvalue weighted by Crippen LogP contribution is 2.24.